The van der Waals surface area contributed by atoms with Crippen molar-refractivity contribution in [2.75, 3.05) is 17.7 Å². The van der Waals surface area contributed by atoms with Gasteiger partial charge < -0.3 is 14.6 Å². The van der Waals surface area contributed by atoms with E-state index in [1.165, 1.54) is 23.9 Å². The Bertz CT molecular complexity index is 1030. The van der Waals surface area contributed by atoms with Gasteiger partial charge in [-0.2, -0.15) is 0 Å². The standard InChI is InChI=1S/C19H17Cl3N4O2S/c1-3-28-12-6-4-11(5-7-12)18-24-25-19(26(18)2)29-10-17(27)23-16-9-14(21)13(20)8-15(16)22/h4-9H,3,10H2,1-2H3,(H,23,27). The van der Waals surface area contributed by atoms with Crippen LogP contribution in [0.3, 0.4) is 0 Å². The fourth-order valence-electron chi connectivity index (χ4n) is 2.49. The maximum atomic E-state index is 12.3. The van der Waals surface area contributed by atoms with Gasteiger partial charge in [0.05, 0.1) is 33.1 Å². The summed E-state index contributed by atoms with van der Waals surface area (Å²) >= 11 is 19.2. The number of hydrogen-bond donors (Lipinski definition) is 1. The van der Waals surface area contributed by atoms with Crippen LogP contribution in [0.1, 0.15) is 6.92 Å². The molecule has 1 aromatic heterocycles. The molecule has 3 aromatic rings. The van der Waals surface area contributed by atoms with Crippen LogP contribution in [0.25, 0.3) is 11.4 Å². The van der Waals surface area contributed by atoms with E-state index in [9.17, 15) is 4.79 Å². The maximum absolute atomic E-state index is 12.3. The molecule has 0 bridgehead atoms. The first-order valence-corrected chi connectivity index (χ1v) is 10.7. The highest BCUT2D eigenvalue weighted by molar-refractivity contribution is 7.99. The third-order valence-electron chi connectivity index (χ3n) is 3.87. The smallest absolute Gasteiger partial charge is 0.234 e. The molecule has 1 heterocycles. The maximum Gasteiger partial charge on any atom is 0.234 e. The van der Waals surface area contributed by atoms with Crippen LogP contribution in [-0.4, -0.2) is 33.0 Å². The van der Waals surface area contributed by atoms with Crippen LogP contribution in [0, 0.1) is 0 Å². The van der Waals surface area contributed by atoms with Gasteiger partial charge in [-0.3, -0.25) is 4.79 Å². The lowest BCUT2D eigenvalue weighted by atomic mass is 10.2. The molecule has 1 N–H and O–H groups in total. The summed E-state index contributed by atoms with van der Waals surface area (Å²) in [6.45, 7) is 2.55. The molecule has 0 aliphatic carbocycles. The average molecular weight is 472 g/mol. The third-order valence-corrected chi connectivity index (χ3v) is 5.93. The molecule has 0 aliphatic rings. The van der Waals surface area contributed by atoms with Gasteiger partial charge in [0, 0.05) is 12.6 Å². The number of ether oxygens (including phenoxy) is 1. The van der Waals surface area contributed by atoms with Gasteiger partial charge in [0.25, 0.3) is 0 Å². The highest BCUT2D eigenvalue weighted by Gasteiger charge is 2.14. The number of hydrogen-bond acceptors (Lipinski definition) is 5. The van der Waals surface area contributed by atoms with Crippen LogP contribution < -0.4 is 10.1 Å². The predicted molar refractivity (Wildman–Crippen MR) is 118 cm³/mol. The minimum Gasteiger partial charge on any atom is -0.494 e. The van der Waals surface area contributed by atoms with Crippen LogP contribution in [0.2, 0.25) is 15.1 Å². The number of nitrogens with one attached hydrogen (secondary N) is 1. The second-order valence-electron chi connectivity index (χ2n) is 5.91. The molecule has 0 radical (unpaired) electrons. The number of aromatic nitrogens is 3. The molecule has 3 rings (SSSR count). The molecule has 29 heavy (non-hydrogen) atoms. The van der Waals surface area contributed by atoms with Crippen molar-refractivity contribution in [2.24, 2.45) is 7.05 Å². The highest BCUT2D eigenvalue weighted by Crippen LogP contribution is 2.32. The Labute approximate surface area is 187 Å². The molecule has 0 saturated carbocycles. The van der Waals surface area contributed by atoms with Crippen LogP contribution >= 0.6 is 46.6 Å². The van der Waals surface area contributed by atoms with Crippen molar-refractivity contribution in [3.8, 4) is 17.1 Å². The van der Waals surface area contributed by atoms with E-state index in [0.717, 1.165) is 11.3 Å². The Morgan fingerprint density at radius 2 is 1.79 bits per heavy atom. The van der Waals surface area contributed by atoms with E-state index < -0.39 is 0 Å². The summed E-state index contributed by atoms with van der Waals surface area (Å²) in [6.07, 6.45) is 0. The number of halogens is 3. The summed E-state index contributed by atoms with van der Waals surface area (Å²) < 4.78 is 7.28. The summed E-state index contributed by atoms with van der Waals surface area (Å²) in [5.41, 5.74) is 1.31. The molecule has 0 unspecified atom stereocenters. The average Bonchev–Trinajstić information content (AvgIpc) is 3.06. The Morgan fingerprint density at radius 3 is 2.48 bits per heavy atom. The van der Waals surface area contributed by atoms with Crippen LogP contribution in [-0.2, 0) is 11.8 Å². The van der Waals surface area contributed by atoms with E-state index in [2.05, 4.69) is 15.5 Å². The lowest BCUT2D eigenvalue weighted by Crippen LogP contribution is -2.14. The number of carbonyl (C=O) groups excluding carboxylic acids is 1. The van der Waals surface area contributed by atoms with Crippen LogP contribution in [0.4, 0.5) is 5.69 Å². The molecule has 10 heteroatoms. The predicted octanol–water partition coefficient (Wildman–Crippen LogP) is 5.57. The molecule has 1 amide bonds. The summed E-state index contributed by atoms with van der Waals surface area (Å²) in [5.74, 6) is 1.38. The fourth-order valence-corrected chi connectivity index (χ4v) is 3.80. The van der Waals surface area contributed by atoms with Gasteiger partial charge in [0.15, 0.2) is 11.0 Å². The van der Waals surface area contributed by atoms with E-state index >= 15 is 0 Å². The molecule has 152 valence electrons. The normalized spacial score (nSPS) is 10.8. The largest absolute Gasteiger partial charge is 0.494 e. The molecular formula is C19H17Cl3N4O2S. The second-order valence-corrected chi connectivity index (χ2v) is 8.07. The first-order valence-electron chi connectivity index (χ1n) is 8.59. The number of nitrogens with zero attached hydrogens (tertiary/aromatic N) is 3. The van der Waals surface area contributed by atoms with Crippen molar-refractivity contribution in [3.63, 3.8) is 0 Å². The Morgan fingerprint density at radius 1 is 1.10 bits per heavy atom. The zero-order valence-corrected chi connectivity index (χ0v) is 18.7. The van der Waals surface area contributed by atoms with Crippen LogP contribution in [0.15, 0.2) is 41.6 Å². The number of benzene rings is 2. The Kier molecular flexibility index (Phi) is 7.29. The van der Waals surface area contributed by atoms with Gasteiger partial charge in [-0.05, 0) is 43.3 Å². The molecule has 0 fully saturated rings. The zero-order chi connectivity index (χ0) is 21.0. The molecule has 0 saturated heterocycles. The first-order chi connectivity index (χ1) is 13.9. The monoisotopic (exact) mass is 470 g/mol. The van der Waals surface area contributed by atoms with Crippen molar-refractivity contribution < 1.29 is 9.53 Å². The lowest BCUT2D eigenvalue weighted by molar-refractivity contribution is -0.113. The minimum atomic E-state index is -0.249. The molecule has 2 aromatic carbocycles. The van der Waals surface area contributed by atoms with Crippen molar-refractivity contribution >= 4 is 58.2 Å². The Balaban J connectivity index is 1.64. The number of carbonyl (C=O) groups is 1. The van der Waals surface area contributed by atoms with E-state index in [1.807, 2.05) is 42.8 Å². The summed E-state index contributed by atoms with van der Waals surface area (Å²) in [7, 11) is 1.85. The zero-order valence-electron chi connectivity index (χ0n) is 15.6. The van der Waals surface area contributed by atoms with Gasteiger partial charge in [0.1, 0.15) is 5.75 Å². The highest BCUT2D eigenvalue weighted by atomic mass is 35.5. The van der Waals surface area contributed by atoms with E-state index in [0.29, 0.717) is 38.3 Å². The van der Waals surface area contributed by atoms with Gasteiger partial charge in [-0.15, -0.1) is 10.2 Å². The molecule has 0 atom stereocenters. The van der Waals surface area contributed by atoms with Crippen molar-refractivity contribution in [1.29, 1.82) is 0 Å². The van der Waals surface area contributed by atoms with Gasteiger partial charge >= 0.3 is 0 Å². The van der Waals surface area contributed by atoms with E-state index in [4.69, 9.17) is 39.5 Å². The molecule has 0 aliphatic heterocycles. The third kappa shape index (κ3) is 5.36. The summed E-state index contributed by atoms with van der Waals surface area (Å²) in [5, 5.41) is 12.7. The van der Waals surface area contributed by atoms with Gasteiger partial charge in [0.2, 0.25) is 5.91 Å². The quantitative estimate of drug-likeness (QED) is 0.360. The SMILES string of the molecule is CCOc1ccc(-c2nnc(SCC(=O)Nc3cc(Cl)c(Cl)cc3Cl)n2C)cc1. The lowest BCUT2D eigenvalue weighted by Gasteiger charge is -2.09. The Hall–Kier alpha value is -1.93. The van der Waals surface area contributed by atoms with Crippen LogP contribution in [0.5, 0.6) is 5.75 Å². The summed E-state index contributed by atoms with van der Waals surface area (Å²) in [4.78, 5) is 12.3. The summed E-state index contributed by atoms with van der Waals surface area (Å²) in [6, 6.07) is 10.6. The number of thioether (sulfide) groups is 1. The second kappa shape index (κ2) is 9.71. The van der Waals surface area contributed by atoms with Crippen molar-refractivity contribution in [3.05, 3.63) is 51.5 Å². The van der Waals surface area contributed by atoms with Gasteiger partial charge in [-0.25, -0.2) is 0 Å². The minimum absolute atomic E-state index is 0.131. The first kappa shape index (κ1) is 21.8. The molecule has 0 spiro atoms. The fraction of sp³-hybridized carbons (Fsp3) is 0.211. The van der Waals surface area contributed by atoms with E-state index in [-0.39, 0.29) is 11.7 Å². The van der Waals surface area contributed by atoms with Gasteiger partial charge in [-0.1, -0.05) is 46.6 Å². The topological polar surface area (TPSA) is 69.0 Å². The number of amides is 1. The van der Waals surface area contributed by atoms with Crippen molar-refractivity contribution in [2.45, 2.75) is 12.1 Å². The van der Waals surface area contributed by atoms with E-state index in [1.54, 1.807) is 0 Å². The number of anilines is 1. The van der Waals surface area contributed by atoms with Crippen molar-refractivity contribution in [1.82, 2.24) is 14.8 Å². The molecular weight excluding hydrogens is 455 g/mol. The molecule has 6 nitrogen and oxygen atoms in total. The number of rotatable bonds is 7.